The molecule has 8 nitrogen and oxygen atoms in total. The van der Waals surface area contributed by atoms with Gasteiger partial charge in [0.1, 0.15) is 11.6 Å². The van der Waals surface area contributed by atoms with Crippen molar-refractivity contribution in [1.82, 2.24) is 9.78 Å². The molecule has 1 amide bonds. The van der Waals surface area contributed by atoms with Crippen LogP contribution in [0.3, 0.4) is 0 Å². The van der Waals surface area contributed by atoms with Crippen molar-refractivity contribution in [3.8, 4) is 5.69 Å². The van der Waals surface area contributed by atoms with Crippen LogP contribution >= 0.6 is 11.6 Å². The van der Waals surface area contributed by atoms with Crippen LogP contribution in [0.25, 0.3) is 5.69 Å². The molecule has 0 saturated carbocycles. The van der Waals surface area contributed by atoms with Crippen LogP contribution in [0.2, 0.25) is 5.02 Å². The van der Waals surface area contributed by atoms with Crippen LogP contribution in [0.15, 0.2) is 45.7 Å². The molecule has 1 aromatic carbocycles. The lowest BCUT2D eigenvalue weighted by atomic mass is 9.83. The van der Waals surface area contributed by atoms with Crippen molar-refractivity contribution < 1.29 is 18.0 Å². The smallest absolute Gasteiger partial charge is 0.277 e. The van der Waals surface area contributed by atoms with E-state index in [0.29, 0.717) is 0 Å². The van der Waals surface area contributed by atoms with Gasteiger partial charge in [-0.25, -0.2) is 13.1 Å². The van der Waals surface area contributed by atoms with Crippen molar-refractivity contribution in [2.75, 3.05) is 6.26 Å². The number of ketones is 1. The zero-order valence-corrected chi connectivity index (χ0v) is 15.7. The number of hydrogen-bond donors (Lipinski definition) is 0. The molecule has 2 aromatic rings. The zero-order chi connectivity index (χ0) is 19.3. The molecule has 1 aliphatic heterocycles. The second-order valence-corrected chi connectivity index (χ2v) is 8.85. The molecule has 1 aliphatic rings. The minimum Gasteiger partial charge on any atom is -0.293 e. The molecule has 1 atom stereocenters. The van der Waals surface area contributed by atoms with Crippen molar-refractivity contribution in [3.05, 3.63) is 41.2 Å². The summed E-state index contributed by atoms with van der Waals surface area (Å²) >= 11 is 6.41. The van der Waals surface area contributed by atoms with Crippen molar-refractivity contribution in [2.45, 2.75) is 24.3 Å². The molecule has 136 valence electrons. The maximum Gasteiger partial charge on any atom is 0.277 e. The third-order valence-electron chi connectivity index (χ3n) is 4.10. The summed E-state index contributed by atoms with van der Waals surface area (Å²) in [6.07, 6.45) is 4.01. The van der Waals surface area contributed by atoms with Crippen LogP contribution < -0.4 is 0 Å². The van der Waals surface area contributed by atoms with E-state index in [1.165, 1.54) is 29.2 Å². The molecule has 1 unspecified atom stereocenters. The van der Waals surface area contributed by atoms with Gasteiger partial charge in [0.15, 0.2) is 15.6 Å². The fourth-order valence-corrected chi connectivity index (χ4v) is 4.10. The van der Waals surface area contributed by atoms with Crippen molar-refractivity contribution in [3.63, 3.8) is 0 Å². The Morgan fingerprint density at radius 3 is 2.50 bits per heavy atom. The molecular weight excluding hydrogens is 380 g/mol. The Hall–Kier alpha value is -2.39. The second kappa shape index (κ2) is 6.10. The van der Waals surface area contributed by atoms with E-state index >= 15 is 0 Å². The Kier molecular flexibility index (Phi) is 4.32. The van der Waals surface area contributed by atoms with Crippen LogP contribution in [0.5, 0.6) is 0 Å². The van der Waals surface area contributed by atoms with Gasteiger partial charge in [0, 0.05) is 24.2 Å². The molecule has 0 aliphatic carbocycles. The second-order valence-electron chi connectivity index (χ2n) is 6.49. The summed E-state index contributed by atoms with van der Waals surface area (Å²) in [5, 5.41) is 11.2. The molecule has 10 heteroatoms. The monoisotopic (exact) mass is 394 g/mol. The number of Topliss-reactive ketones (excluding diaryl/α,β-unsaturated/α-hetero) is 1. The number of aromatic nitrogens is 2. The van der Waals surface area contributed by atoms with E-state index in [1.807, 2.05) is 0 Å². The Bertz CT molecular complexity index is 1040. The lowest BCUT2D eigenvalue weighted by Gasteiger charge is -2.21. The highest BCUT2D eigenvalue weighted by molar-refractivity contribution is 7.90. The van der Waals surface area contributed by atoms with E-state index in [0.717, 1.165) is 6.26 Å². The molecule has 1 aromatic heterocycles. The average Bonchev–Trinajstić information content (AvgIpc) is 3.13. The summed E-state index contributed by atoms with van der Waals surface area (Å²) in [7, 11) is -3.64. The minimum absolute atomic E-state index is 0.0169. The molecule has 2 heterocycles. The Labute approximate surface area is 154 Å². The normalized spacial score (nSPS) is 19.1. The number of amides is 1. The standard InChI is InChI=1S/C16H15ClN4O4S/c1-16(2)11(15(23)19-20-16)14(22)9-5-6-10(26(3,24)25)13(12(9)17)21-8-4-7-18-21/h4-8,11H,1-3H3. The Morgan fingerprint density at radius 1 is 1.31 bits per heavy atom. The number of azo groups is 1. The van der Waals surface area contributed by atoms with Gasteiger partial charge in [0.2, 0.25) is 0 Å². The summed E-state index contributed by atoms with van der Waals surface area (Å²) < 4.78 is 25.5. The van der Waals surface area contributed by atoms with Gasteiger partial charge in [0.25, 0.3) is 5.91 Å². The van der Waals surface area contributed by atoms with Gasteiger partial charge in [0.05, 0.1) is 15.5 Å². The summed E-state index contributed by atoms with van der Waals surface area (Å²) in [5.74, 6) is -2.33. The topological polar surface area (TPSA) is 111 Å². The van der Waals surface area contributed by atoms with E-state index < -0.39 is 33.0 Å². The maximum absolute atomic E-state index is 13.0. The summed E-state index contributed by atoms with van der Waals surface area (Å²) in [5.41, 5.74) is -0.927. The fraction of sp³-hybridized carbons (Fsp3) is 0.312. The molecule has 0 spiro atoms. The number of hydrogen-bond acceptors (Lipinski definition) is 6. The van der Waals surface area contributed by atoms with Gasteiger partial charge in [-0.15, -0.1) is 5.11 Å². The van der Waals surface area contributed by atoms with Crippen molar-refractivity contribution in [2.24, 2.45) is 16.1 Å². The van der Waals surface area contributed by atoms with E-state index in [-0.39, 0.29) is 21.2 Å². The molecule has 0 bridgehead atoms. The largest absolute Gasteiger partial charge is 0.293 e. The first-order valence-corrected chi connectivity index (χ1v) is 9.84. The third-order valence-corrected chi connectivity index (χ3v) is 5.61. The predicted octanol–water partition coefficient (Wildman–Crippen LogP) is 2.50. The molecule has 0 N–H and O–H groups in total. The summed E-state index contributed by atoms with van der Waals surface area (Å²) in [6, 6.07) is 4.18. The van der Waals surface area contributed by atoms with Gasteiger partial charge >= 0.3 is 0 Å². The van der Waals surface area contributed by atoms with Crippen molar-refractivity contribution >= 4 is 33.1 Å². The number of rotatable bonds is 4. The number of carbonyl (C=O) groups excluding carboxylic acids is 2. The van der Waals surface area contributed by atoms with E-state index in [2.05, 4.69) is 15.3 Å². The zero-order valence-electron chi connectivity index (χ0n) is 14.2. The number of nitrogens with zero attached hydrogens (tertiary/aromatic N) is 4. The van der Waals surface area contributed by atoms with E-state index in [4.69, 9.17) is 11.6 Å². The summed E-state index contributed by atoms with van der Waals surface area (Å²) in [4.78, 5) is 24.9. The Morgan fingerprint density at radius 2 is 2.00 bits per heavy atom. The first-order valence-electron chi connectivity index (χ1n) is 7.57. The minimum atomic E-state index is -3.64. The predicted molar refractivity (Wildman–Crippen MR) is 93.4 cm³/mol. The summed E-state index contributed by atoms with van der Waals surface area (Å²) in [6.45, 7) is 3.24. The first kappa shape index (κ1) is 18.4. The van der Waals surface area contributed by atoms with Crippen LogP contribution in [-0.4, -0.2) is 41.7 Å². The van der Waals surface area contributed by atoms with Gasteiger partial charge in [-0.2, -0.15) is 10.2 Å². The molecule has 0 saturated heterocycles. The van der Waals surface area contributed by atoms with Crippen LogP contribution in [0.1, 0.15) is 24.2 Å². The van der Waals surface area contributed by atoms with Gasteiger partial charge < -0.3 is 0 Å². The highest BCUT2D eigenvalue weighted by Gasteiger charge is 2.46. The number of halogens is 1. The first-order chi connectivity index (χ1) is 12.0. The fourth-order valence-electron chi connectivity index (χ4n) is 2.84. The highest BCUT2D eigenvalue weighted by atomic mass is 35.5. The Balaban J connectivity index is 2.21. The number of sulfone groups is 1. The van der Waals surface area contributed by atoms with Gasteiger partial charge in [-0.3, -0.25) is 9.59 Å². The average molecular weight is 395 g/mol. The SMILES string of the molecule is CC1(C)N=NC(=O)C1C(=O)c1ccc(S(C)(=O)=O)c(-n2cccn2)c1Cl. The van der Waals surface area contributed by atoms with E-state index in [1.54, 1.807) is 19.9 Å². The lowest BCUT2D eigenvalue weighted by Crippen LogP contribution is -2.36. The van der Waals surface area contributed by atoms with Crippen LogP contribution in [0, 0.1) is 5.92 Å². The third kappa shape index (κ3) is 2.97. The van der Waals surface area contributed by atoms with Crippen molar-refractivity contribution in [1.29, 1.82) is 0 Å². The number of benzene rings is 1. The molecular formula is C16H15ClN4O4S. The number of carbonyl (C=O) groups is 2. The van der Waals surface area contributed by atoms with Crippen LogP contribution in [-0.2, 0) is 14.6 Å². The quantitative estimate of drug-likeness (QED) is 0.584. The maximum atomic E-state index is 13.0. The van der Waals surface area contributed by atoms with Gasteiger partial charge in [-0.05, 0) is 32.0 Å². The molecule has 0 fully saturated rings. The lowest BCUT2D eigenvalue weighted by molar-refractivity contribution is -0.120. The van der Waals surface area contributed by atoms with Gasteiger partial charge in [-0.1, -0.05) is 11.6 Å². The molecule has 26 heavy (non-hydrogen) atoms. The van der Waals surface area contributed by atoms with Crippen LogP contribution in [0.4, 0.5) is 0 Å². The highest BCUT2D eigenvalue weighted by Crippen LogP contribution is 2.37. The molecule has 3 rings (SSSR count). The molecule has 0 radical (unpaired) electrons. The van der Waals surface area contributed by atoms with E-state index in [9.17, 15) is 18.0 Å².